The normalized spacial score (nSPS) is 18.4. The topological polar surface area (TPSA) is 49.4 Å². The number of amides is 2. The number of hydrogen-bond acceptors (Lipinski definition) is 2. The van der Waals surface area contributed by atoms with E-state index in [9.17, 15) is 9.59 Å². The molecule has 0 aromatic heterocycles. The first-order valence-electron chi connectivity index (χ1n) is 12.1. The van der Waals surface area contributed by atoms with Gasteiger partial charge in [0.15, 0.2) is 0 Å². The molecule has 1 aliphatic rings. The zero-order valence-corrected chi connectivity index (χ0v) is 20.5. The van der Waals surface area contributed by atoms with E-state index in [1.807, 2.05) is 78.6 Å². The summed E-state index contributed by atoms with van der Waals surface area (Å²) in [6.07, 6.45) is 1.53. The van der Waals surface area contributed by atoms with E-state index in [-0.39, 0.29) is 29.2 Å². The van der Waals surface area contributed by atoms with Crippen LogP contribution in [-0.4, -0.2) is 23.3 Å². The van der Waals surface area contributed by atoms with Crippen molar-refractivity contribution in [2.75, 3.05) is 11.9 Å². The third-order valence-electron chi connectivity index (χ3n) is 6.74. The largest absolute Gasteiger partial charge is 0.331 e. The number of hydrogen-bond donors (Lipinski definition) is 1. The van der Waals surface area contributed by atoms with Crippen molar-refractivity contribution in [2.45, 2.75) is 52.0 Å². The van der Waals surface area contributed by atoms with Gasteiger partial charge in [0.05, 0.1) is 12.0 Å². The maximum absolute atomic E-state index is 13.7. The van der Waals surface area contributed by atoms with E-state index in [0.717, 1.165) is 29.7 Å². The summed E-state index contributed by atoms with van der Waals surface area (Å²) >= 11 is 0. The molecule has 3 aromatic carbocycles. The van der Waals surface area contributed by atoms with Gasteiger partial charge in [0.2, 0.25) is 5.91 Å². The summed E-state index contributed by atoms with van der Waals surface area (Å²) in [6, 6.07) is 25.4. The number of carbonyl (C=O) groups is 2. The molecule has 3 aromatic rings. The van der Waals surface area contributed by atoms with Crippen LogP contribution in [-0.2, 0) is 10.2 Å². The lowest BCUT2D eigenvalue weighted by Crippen LogP contribution is -2.46. The summed E-state index contributed by atoms with van der Waals surface area (Å²) in [5.74, 6) is -0.385. The van der Waals surface area contributed by atoms with E-state index in [1.54, 1.807) is 0 Å². The lowest BCUT2D eigenvalue weighted by molar-refractivity contribution is -0.123. The smallest absolute Gasteiger partial charge is 0.254 e. The van der Waals surface area contributed by atoms with Gasteiger partial charge in [-0.15, -0.1) is 0 Å². The molecule has 1 heterocycles. The minimum absolute atomic E-state index is 0.00505. The molecule has 0 saturated carbocycles. The van der Waals surface area contributed by atoms with Crippen LogP contribution in [0.5, 0.6) is 0 Å². The van der Waals surface area contributed by atoms with Crippen LogP contribution in [0.1, 0.15) is 66.7 Å². The van der Waals surface area contributed by atoms with Crippen LogP contribution in [0.25, 0.3) is 0 Å². The molecule has 1 unspecified atom stereocenters. The van der Waals surface area contributed by atoms with Crippen LogP contribution in [0.4, 0.5) is 5.69 Å². The summed E-state index contributed by atoms with van der Waals surface area (Å²) in [6.45, 7) is 9.08. The van der Waals surface area contributed by atoms with Crippen molar-refractivity contribution in [3.8, 4) is 0 Å². The molecule has 2 amide bonds. The van der Waals surface area contributed by atoms with Crippen molar-refractivity contribution in [2.24, 2.45) is 5.92 Å². The summed E-state index contributed by atoms with van der Waals surface area (Å²) in [7, 11) is 0. The van der Waals surface area contributed by atoms with Gasteiger partial charge in [-0.2, -0.15) is 0 Å². The zero-order valence-electron chi connectivity index (χ0n) is 20.5. The van der Waals surface area contributed by atoms with Crippen LogP contribution in [0.15, 0.2) is 78.9 Å². The van der Waals surface area contributed by atoms with Crippen LogP contribution in [0.2, 0.25) is 0 Å². The average molecular weight is 455 g/mol. The second-order valence-electron chi connectivity index (χ2n) is 10.2. The molecule has 1 saturated heterocycles. The van der Waals surface area contributed by atoms with E-state index < -0.39 is 0 Å². The predicted molar refractivity (Wildman–Crippen MR) is 138 cm³/mol. The number of nitrogens with one attached hydrogen (secondary N) is 1. The molecule has 1 aliphatic heterocycles. The highest BCUT2D eigenvalue weighted by atomic mass is 16.2. The van der Waals surface area contributed by atoms with Gasteiger partial charge < -0.3 is 10.2 Å². The zero-order chi connectivity index (χ0) is 24.3. The molecule has 176 valence electrons. The number of aryl methyl sites for hydroxylation is 1. The molecule has 0 spiro atoms. The predicted octanol–water partition coefficient (Wildman–Crippen LogP) is 6.52. The fourth-order valence-electron chi connectivity index (χ4n) is 4.83. The number of benzene rings is 3. The molecule has 2 atom stereocenters. The van der Waals surface area contributed by atoms with E-state index in [4.69, 9.17) is 0 Å². The number of anilines is 1. The lowest BCUT2D eigenvalue weighted by atomic mass is 9.83. The van der Waals surface area contributed by atoms with E-state index in [2.05, 4.69) is 38.2 Å². The Labute approximate surface area is 203 Å². The van der Waals surface area contributed by atoms with Crippen molar-refractivity contribution in [3.05, 3.63) is 101 Å². The standard InChI is InChI=1S/C30H34N2O2/c1-21-12-8-9-17-25(21)29(34)32-19-11-18-26(27(32)22-13-6-5-7-14-22)28(33)31-24-16-10-15-23(20-24)30(2,3)4/h5-10,12-17,20,26-27H,11,18-19H2,1-4H3,(H,31,33)/t26?,27-/m0/s1. The van der Waals surface area contributed by atoms with Gasteiger partial charge in [0.25, 0.3) is 5.91 Å². The summed E-state index contributed by atoms with van der Waals surface area (Å²) in [5.41, 5.74) is 4.60. The van der Waals surface area contributed by atoms with Crippen molar-refractivity contribution in [3.63, 3.8) is 0 Å². The Morgan fingerprint density at radius 2 is 1.62 bits per heavy atom. The van der Waals surface area contributed by atoms with Crippen molar-refractivity contribution >= 4 is 17.5 Å². The van der Waals surface area contributed by atoms with Crippen LogP contribution in [0, 0.1) is 12.8 Å². The maximum Gasteiger partial charge on any atom is 0.254 e. The first-order chi connectivity index (χ1) is 16.3. The van der Waals surface area contributed by atoms with Crippen molar-refractivity contribution < 1.29 is 9.59 Å². The minimum atomic E-state index is -0.331. The molecule has 34 heavy (non-hydrogen) atoms. The Hall–Kier alpha value is -3.40. The van der Waals surface area contributed by atoms with Gasteiger partial charge >= 0.3 is 0 Å². The van der Waals surface area contributed by atoms with Gasteiger partial charge in [-0.25, -0.2) is 0 Å². The Morgan fingerprint density at radius 3 is 2.32 bits per heavy atom. The van der Waals surface area contributed by atoms with Gasteiger partial charge in [-0.3, -0.25) is 9.59 Å². The first kappa shape index (κ1) is 23.7. The number of nitrogens with zero attached hydrogens (tertiary/aromatic N) is 1. The molecule has 4 rings (SSSR count). The highest BCUT2D eigenvalue weighted by molar-refractivity contribution is 5.98. The Morgan fingerprint density at radius 1 is 0.912 bits per heavy atom. The Kier molecular flexibility index (Phi) is 6.87. The fraction of sp³-hybridized carbons (Fsp3) is 0.333. The highest BCUT2D eigenvalue weighted by Crippen LogP contribution is 2.38. The van der Waals surface area contributed by atoms with Gasteiger partial charge in [-0.05, 0) is 60.1 Å². The maximum atomic E-state index is 13.7. The van der Waals surface area contributed by atoms with Gasteiger partial charge in [0.1, 0.15) is 0 Å². The van der Waals surface area contributed by atoms with E-state index in [1.165, 1.54) is 5.56 Å². The summed E-state index contributed by atoms with van der Waals surface area (Å²) < 4.78 is 0. The first-order valence-corrected chi connectivity index (χ1v) is 12.1. The Balaban J connectivity index is 1.66. The molecule has 0 bridgehead atoms. The third-order valence-corrected chi connectivity index (χ3v) is 6.74. The molecular weight excluding hydrogens is 420 g/mol. The quantitative estimate of drug-likeness (QED) is 0.487. The number of piperidine rings is 1. The number of carbonyl (C=O) groups excluding carboxylic acids is 2. The SMILES string of the molecule is Cc1ccccc1C(=O)N1CCCC(C(=O)Nc2cccc(C(C)(C)C)c2)[C@@H]1c1ccccc1. The van der Waals surface area contributed by atoms with E-state index >= 15 is 0 Å². The molecule has 1 N–H and O–H groups in total. The highest BCUT2D eigenvalue weighted by Gasteiger charge is 2.40. The monoisotopic (exact) mass is 454 g/mol. The third kappa shape index (κ3) is 5.06. The summed E-state index contributed by atoms with van der Waals surface area (Å²) in [4.78, 5) is 29.2. The Bertz CT molecular complexity index is 1160. The molecule has 0 radical (unpaired) electrons. The molecule has 4 heteroatoms. The lowest BCUT2D eigenvalue weighted by Gasteiger charge is -2.41. The molecule has 4 nitrogen and oxygen atoms in total. The van der Waals surface area contributed by atoms with Gasteiger partial charge in [-0.1, -0.05) is 81.4 Å². The fourth-order valence-corrected chi connectivity index (χ4v) is 4.83. The molecule has 1 fully saturated rings. The summed E-state index contributed by atoms with van der Waals surface area (Å²) in [5, 5.41) is 3.16. The second kappa shape index (κ2) is 9.84. The van der Waals surface area contributed by atoms with Crippen LogP contribution < -0.4 is 5.32 Å². The van der Waals surface area contributed by atoms with Gasteiger partial charge in [0, 0.05) is 17.8 Å². The minimum Gasteiger partial charge on any atom is -0.331 e. The van der Waals surface area contributed by atoms with Crippen LogP contribution in [0.3, 0.4) is 0 Å². The second-order valence-corrected chi connectivity index (χ2v) is 10.2. The van der Waals surface area contributed by atoms with Crippen LogP contribution >= 0.6 is 0 Å². The molecule has 0 aliphatic carbocycles. The molecular formula is C30H34N2O2. The number of likely N-dealkylation sites (tertiary alicyclic amines) is 1. The average Bonchev–Trinajstić information content (AvgIpc) is 2.83. The van der Waals surface area contributed by atoms with E-state index in [0.29, 0.717) is 12.1 Å². The number of rotatable bonds is 4. The van der Waals surface area contributed by atoms with Crippen molar-refractivity contribution in [1.82, 2.24) is 4.90 Å². The van der Waals surface area contributed by atoms with Crippen molar-refractivity contribution in [1.29, 1.82) is 0 Å².